The Morgan fingerprint density at radius 3 is 2.83 bits per heavy atom. The average Bonchev–Trinajstić information content (AvgIpc) is 2.34. The predicted octanol–water partition coefficient (Wildman–Crippen LogP) is 1.79. The molecule has 0 bridgehead atoms. The second kappa shape index (κ2) is 5.26. The van der Waals surface area contributed by atoms with Crippen LogP contribution >= 0.6 is 15.9 Å². The summed E-state index contributed by atoms with van der Waals surface area (Å²) in [4.78, 5) is 22.7. The van der Waals surface area contributed by atoms with Gasteiger partial charge in [-0.2, -0.15) is 5.10 Å². The van der Waals surface area contributed by atoms with Gasteiger partial charge in [0.25, 0.3) is 5.91 Å². The summed E-state index contributed by atoms with van der Waals surface area (Å²) in [6.07, 6.45) is 0.439. The number of hydrazone groups is 1. The summed E-state index contributed by atoms with van der Waals surface area (Å²) in [5.41, 5.74) is 2.44. The molecule has 0 radical (unpaired) electrons. The van der Waals surface area contributed by atoms with Crippen molar-refractivity contribution in [3.05, 3.63) is 28.5 Å². The smallest absolute Gasteiger partial charge is 0.271 e. The Morgan fingerprint density at radius 1 is 1.44 bits per heavy atom. The first-order valence-electron chi connectivity index (χ1n) is 5.18. The van der Waals surface area contributed by atoms with Gasteiger partial charge in [0.15, 0.2) is 0 Å². The summed E-state index contributed by atoms with van der Waals surface area (Å²) in [5, 5.41) is 6.05. The molecule has 0 fully saturated rings. The van der Waals surface area contributed by atoms with Crippen molar-refractivity contribution in [1.82, 2.24) is 5.43 Å². The highest BCUT2D eigenvalue weighted by Gasteiger charge is 2.20. The first-order valence-corrected chi connectivity index (χ1v) is 5.98. The first kappa shape index (κ1) is 12.7. The highest BCUT2D eigenvalue weighted by atomic mass is 79.9. The van der Waals surface area contributed by atoms with Crippen LogP contribution in [0.1, 0.15) is 12.8 Å². The second-order valence-electron chi connectivity index (χ2n) is 3.64. The zero-order valence-electron chi connectivity index (χ0n) is 9.17. The van der Waals surface area contributed by atoms with Crippen LogP contribution in [0.15, 0.2) is 27.8 Å². The number of para-hydroxylation sites is 1. The van der Waals surface area contributed by atoms with Crippen LogP contribution in [0.5, 0.6) is 0 Å². The summed E-state index contributed by atoms with van der Waals surface area (Å²) in [7, 11) is 0. The van der Waals surface area contributed by atoms with E-state index in [0.29, 0.717) is 4.47 Å². The Labute approximate surface area is 111 Å². The second-order valence-corrected chi connectivity index (χ2v) is 4.50. The lowest BCUT2D eigenvalue weighted by Gasteiger charge is -2.13. The average molecular weight is 314 g/mol. The van der Waals surface area contributed by atoms with Crippen LogP contribution in [0.4, 0.5) is 10.1 Å². The lowest BCUT2D eigenvalue weighted by atomic mass is 10.1. The molecule has 1 aliphatic heterocycles. The van der Waals surface area contributed by atoms with Crippen LogP contribution in [0, 0.1) is 5.82 Å². The van der Waals surface area contributed by atoms with E-state index >= 15 is 0 Å². The Bertz CT molecular complexity index is 525. The third-order valence-corrected chi connectivity index (χ3v) is 3.03. The largest absolute Gasteiger partial charge is 0.317 e. The van der Waals surface area contributed by atoms with E-state index in [1.165, 1.54) is 12.1 Å². The van der Waals surface area contributed by atoms with Crippen molar-refractivity contribution in [3.63, 3.8) is 0 Å². The SMILES string of the molecule is O=C1CCC(C(=O)Nc2c(F)cccc2Br)=NN1. The van der Waals surface area contributed by atoms with E-state index in [9.17, 15) is 14.0 Å². The Hall–Kier alpha value is -1.76. The summed E-state index contributed by atoms with van der Waals surface area (Å²) >= 11 is 3.14. The molecule has 2 amide bonds. The molecule has 5 nitrogen and oxygen atoms in total. The molecule has 0 spiro atoms. The van der Waals surface area contributed by atoms with E-state index in [1.54, 1.807) is 6.07 Å². The Morgan fingerprint density at radius 2 is 2.22 bits per heavy atom. The molecule has 1 aliphatic rings. The molecule has 1 aromatic carbocycles. The minimum Gasteiger partial charge on any atom is -0.317 e. The van der Waals surface area contributed by atoms with Crippen LogP contribution < -0.4 is 10.7 Å². The van der Waals surface area contributed by atoms with Crippen LogP contribution in [0.25, 0.3) is 0 Å². The van der Waals surface area contributed by atoms with Gasteiger partial charge in [0.2, 0.25) is 5.91 Å². The number of halogens is 2. The molecule has 0 aromatic heterocycles. The summed E-state index contributed by atoms with van der Waals surface area (Å²) in [6.45, 7) is 0. The summed E-state index contributed by atoms with van der Waals surface area (Å²) in [5.74, 6) is -1.31. The minimum absolute atomic E-state index is 0.0575. The van der Waals surface area contributed by atoms with Crippen molar-refractivity contribution in [3.8, 4) is 0 Å². The van der Waals surface area contributed by atoms with Gasteiger partial charge in [-0.15, -0.1) is 0 Å². The van der Waals surface area contributed by atoms with Gasteiger partial charge < -0.3 is 5.32 Å². The number of carbonyl (C=O) groups excluding carboxylic acids is 2. The molecular weight excluding hydrogens is 305 g/mol. The van der Waals surface area contributed by atoms with Crippen molar-refractivity contribution in [2.45, 2.75) is 12.8 Å². The number of nitrogens with zero attached hydrogens (tertiary/aromatic N) is 1. The fourth-order valence-electron chi connectivity index (χ4n) is 1.44. The van der Waals surface area contributed by atoms with E-state index in [0.717, 1.165) is 0 Å². The minimum atomic E-state index is -0.543. The molecular formula is C11H9BrFN3O2. The van der Waals surface area contributed by atoms with Crippen LogP contribution in [0.3, 0.4) is 0 Å². The van der Waals surface area contributed by atoms with E-state index in [-0.39, 0.29) is 30.1 Å². The zero-order valence-corrected chi connectivity index (χ0v) is 10.8. The van der Waals surface area contributed by atoms with E-state index < -0.39 is 11.7 Å². The molecule has 0 saturated heterocycles. The van der Waals surface area contributed by atoms with E-state index in [1.807, 2.05) is 0 Å². The molecule has 0 saturated carbocycles. The quantitative estimate of drug-likeness (QED) is 0.874. The molecule has 0 unspecified atom stereocenters. The molecule has 1 aromatic rings. The number of anilines is 1. The van der Waals surface area contributed by atoms with Gasteiger partial charge in [0.05, 0.1) is 5.69 Å². The topological polar surface area (TPSA) is 70.6 Å². The van der Waals surface area contributed by atoms with Crippen molar-refractivity contribution < 1.29 is 14.0 Å². The van der Waals surface area contributed by atoms with Crippen LogP contribution in [-0.4, -0.2) is 17.5 Å². The summed E-state index contributed by atoms with van der Waals surface area (Å²) < 4.78 is 13.9. The maximum atomic E-state index is 13.5. The number of nitrogens with one attached hydrogen (secondary N) is 2. The molecule has 2 N–H and O–H groups in total. The maximum absolute atomic E-state index is 13.5. The Balaban J connectivity index is 2.15. The number of hydrogen-bond acceptors (Lipinski definition) is 3. The number of benzene rings is 1. The van der Waals surface area contributed by atoms with Gasteiger partial charge >= 0.3 is 0 Å². The van der Waals surface area contributed by atoms with Gasteiger partial charge in [-0.05, 0) is 28.1 Å². The predicted molar refractivity (Wildman–Crippen MR) is 67.5 cm³/mol. The van der Waals surface area contributed by atoms with Gasteiger partial charge in [-0.25, -0.2) is 9.82 Å². The van der Waals surface area contributed by atoms with Crippen LogP contribution in [-0.2, 0) is 9.59 Å². The standard InChI is InChI=1S/C11H9BrFN3O2/c12-6-2-1-3-7(13)10(6)14-11(18)8-4-5-9(17)16-15-8/h1-3H,4-5H2,(H,14,18)(H,16,17). The number of rotatable bonds is 2. The lowest BCUT2D eigenvalue weighted by Crippen LogP contribution is -2.33. The molecule has 94 valence electrons. The van der Waals surface area contributed by atoms with Crippen molar-refractivity contribution in [2.75, 3.05) is 5.32 Å². The van der Waals surface area contributed by atoms with Crippen LogP contribution in [0.2, 0.25) is 0 Å². The molecule has 18 heavy (non-hydrogen) atoms. The molecule has 7 heteroatoms. The number of hydrogen-bond donors (Lipinski definition) is 2. The summed E-state index contributed by atoms with van der Waals surface area (Å²) in [6, 6.07) is 4.38. The third-order valence-electron chi connectivity index (χ3n) is 2.37. The number of amides is 2. The molecule has 2 rings (SSSR count). The zero-order chi connectivity index (χ0) is 13.1. The molecule has 0 atom stereocenters. The maximum Gasteiger partial charge on any atom is 0.271 e. The third kappa shape index (κ3) is 2.73. The fraction of sp³-hybridized carbons (Fsp3) is 0.182. The molecule has 1 heterocycles. The highest BCUT2D eigenvalue weighted by Crippen LogP contribution is 2.25. The van der Waals surface area contributed by atoms with Crippen molar-refractivity contribution >= 4 is 39.1 Å². The van der Waals surface area contributed by atoms with Crippen molar-refractivity contribution in [2.24, 2.45) is 5.10 Å². The molecule has 0 aliphatic carbocycles. The van der Waals surface area contributed by atoms with Gasteiger partial charge in [-0.1, -0.05) is 6.07 Å². The van der Waals surface area contributed by atoms with E-state index in [4.69, 9.17) is 0 Å². The monoisotopic (exact) mass is 313 g/mol. The van der Waals surface area contributed by atoms with Gasteiger partial charge in [0.1, 0.15) is 11.5 Å². The highest BCUT2D eigenvalue weighted by molar-refractivity contribution is 9.10. The van der Waals surface area contributed by atoms with Crippen molar-refractivity contribution in [1.29, 1.82) is 0 Å². The van der Waals surface area contributed by atoms with Gasteiger partial charge in [-0.3, -0.25) is 9.59 Å². The van der Waals surface area contributed by atoms with E-state index in [2.05, 4.69) is 31.8 Å². The van der Waals surface area contributed by atoms with Gasteiger partial charge in [0, 0.05) is 17.3 Å². The fourth-order valence-corrected chi connectivity index (χ4v) is 1.88. The normalized spacial score (nSPS) is 14.8. The first-order chi connectivity index (χ1) is 8.58. The lowest BCUT2D eigenvalue weighted by molar-refractivity contribution is -0.121. The Kier molecular flexibility index (Phi) is 3.71. The number of carbonyl (C=O) groups is 2.